The summed E-state index contributed by atoms with van der Waals surface area (Å²) in [5.41, 5.74) is 1.92. The fourth-order valence-corrected chi connectivity index (χ4v) is 7.02. The number of hydrogen-bond acceptors (Lipinski definition) is 10. The Kier molecular flexibility index (Phi) is 7.48. The highest BCUT2D eigenvalue weighted by molar-refractivity contribution is 7.90. The normalized spacial score (nSPS) is 25.0. The first-order chi connectivity index (χ1) is 19.6. The number of alkyl halides is 1. The zero-order valence-corrected chi connectivity index (χ0v) is 24.8. The van der Waals surface area contributed by atoms with Gasteiger partial charge in [0.2, 0.25) is 5.95 Å². The number of sulfone groups is 1. The van der Waals surface area contributed by atoms with E-state index in [9.17, 15) is 12.8 Å². The van der Waals surface area contributed by atoms with Crippen LogP contribution in [0.2, 0.25) is 0 Å². The van der Waals surface area contributed by atoms with Gasteiger partial charge in [-0.3, -0.25) is 4.98 Å². The van der Waals surface area contributed by atoms with Gasteiger partial charge in [-0.25, -0.2) is 22.8 Å². The first-order valence-corrected chi connectivity index (χ1v) is 16.5. The number of piperidine rings is 1. The van der Waals surface area contributed by atoms with Crippen molar-refractivity contribution >= 4 is 43.9 Å². The van der Waals surface area contributed by atoms with Crippen LogP contribution in [0, 0.1) is 5.92 Å². The summed E-state index contributed by atoms with van der Waals surface area (Å²) in [5.74, 6) is 2.14. The molecule has 5 heterocycles. The highest BCUT2D eigenvalue weighted by Gasteiger charge is 2.39. The second-order valence-electron chi connectivity index (χ2n) is 12.0. The summed E-state index contributed by atoms with van der Waals surface area (Å²) in [6.07, 6.45) is 8.19. The molecular weight excluding hydrogens is 545 g/mol. The molecule has 6 rings (SSSR count). The molecule has 3 fully saturated rings. The molecule has 12 heteroatoms. The zero-order valence-electron chi connectivity index (χ0n) is 24.0. The largest absolute Gasteiger partial charge is 0.372 e. The van der Waals surface area contributed by atoms with E-state index in [1.165, 1.54) is 6.26 Å². The summed E-state index contributed by atoms with van der Waals surface area (Å²) in [5, 5.41) is 5.27. The lowest BCUT2D eigenvalue weighted by Gasteiger charge is -2.48. The van der Waals surface area contributed by atoms with Gasteiger partial charge in [0.1, 0.15) is 27.6 Å². The van der Waals surface area contributed by atoms with Crippen LogP contribution in [0.15, 0.2) is 30.7 Å². The van der Waals surface area contributed by atoms with Crippen LogP contribution < -0.4 is 15.1 Å². The standard InChI is InChI=1S/C29H38FN7O3S/c1-17(2)28-21-11-27(32-12-22(21)24(13-33-28)37-14-19(18(37)3)16-41(4,38)39)34-26-7-9-31-29(35-26)36-10-8-25(23(30)15-36)40-20-5-6-20/h7,9,11-13,17-20,23,25H,5-6,8,10,14-16H2,1-4H3,(H,31,32,34,35)/t18-,19-,23+,25-/m1/s1. The van der Waals surface area contributed by atoms with E-state index in [0.29, 0.717) is 37.1 Å². The minimum atomic E-state index is -3.04. The predicted octanol–water partition coefficient (Wildman–Crippen LogP) is 4.25. The molecule has 0 aromatic carbocycles. The van der Waals surface area contributed by atoms with Crippen LogP contribution in [0.25, 0.3) is 10.8 Å². The molecule has 1 saturated carbocycles. The summed E-state index contributed by atoms with van der Waals surface area (Å²) < 4.78 is 44.3. The van der Waals surface area contributed by atoms with Gasteiger partial charge in [0.25, 0.3) is 0 Å². The van der Waals surface area contributed by atoms with Crippen LogP contribution in [-0.2, 0) is 14.6 Å². The molecule has 1 aliphatic carbocycles. The van der Waals surface area contributed by atoms with E-state index in [1.54, 1.807) is 12.3 Å². The van der Waals surface area contributed by atoms with Crippen molar-refractivity contribution < 1.29 is 17.5 Å². The van der Waals surface area contributed by atoms with Crippen molar-refractivity contribution in [3.63, 3.8) is 0 Å². The Bertz CT molecular complexity index is 1530. The smallest absolute Gasteiger partial charge is 0.227 e. The maximum atomic E-state index is 14.8. The highest BCUT2D eigenvalue weighted by atomic mass is 32.2. The topological polar surface area (TPSA) is 113 Å². The molecule has 0 amide bonds. The third kappa shape index (κ3) is 6.08. The highest BCUT2D eigenvalue weighted by Crippen LogP contribution is 2.38. The quantitative estimate of drug-likeness (QED) is 0.392. The van der Waals surface area contributed by atoms with E-state index in [-0.39, 0.29) is 42.4 Å². The second kappa shape index (κ2) is 10.9. The van der Waals surface area contributed by atoms with Crippen molar-refractivity contribution in [2.24, 2.45) is 5.92 Å². The van der Waals surface area contributed by atoms with Crippen molar-refractivity contribution in [1.29, 1.82) is 0 Å². The Morgan fingerprint density at radius 3 is 2.59 bits per heavy atom. The lowest BCUT2D eigenvalue weighted by atomic mass is 9.90. The maximum Gasteiger partial charge on any atom is 0.227 e. The zero-order chi connectivity index (χ0) is 28.9. The lowest BCUT2D eigenvalue weighted by molar-refractivity contribution is -0.0229. The Hall–Kier alpha value is -3.12. The minimum absolute atomic E-state index is 0.0890. The molecule has 4 atom stereocenters. The third-order valence-electron chi connectivity index (χ3n) is 8.32. The Balaban J connectivity index is 1.21. The number of aromatic nitrogens is 4. The molecule has 220 valence electrons. The van der Waals surface area contributed by atoms with E-state index >= 15 is 0 Å². The average Bonchev–Trinajstić information content (AvgIpc) is 3.75. The summed E-state index contributed by atoms with van der Waals surface area (Å²) in [6.45, 7) is 7.79. The van der Waals surface area contributed by atoms with Gasteiger partial charge in [0.05, 0.1) is 42.1 Å². The first kappa shape index (κ1) is 28.0. The molecular formula is C29H38FN7O3S. The van der Waals surface area contributed by atoms with Crippen molar-refractivity contribution in [3.05, 3.63) is 36.4 Å². The number of fused-ring (bicyclic) bond motifs is 1. The van der Waals surface area contributed by atoms with Crippen LogP contribution in [0.1, 0.15) is 51.6 Å². The van der Waals surface area contributed by atoms with Gasteiger partial charge in [-0.2, -0.15) is 4.98 Å². The number of pyridine rings is 2. The SMILES string of the molecule is CC(C)c1ncc(N2C[C@H](CS(C)(=O)=O)[C@H]2C)c2cnc(Nc3ccnc(N4CC[C@@H](OC5CC5)[C@@H](F)C4)n3)cc12. The molecule has 2 saturated heterocycles. The van der Waals surface area contributed by atoms with Crippen molar-refractivity contribution in [1.82, 2.24) is 19.9 Å². The minimum Gasteiger partial charge on any atom is -0.372 e. The first-order valence-electron chi connectivity index (χ1n) is 14.4. The van der Waals surface area contributed by atoms with E-state index in [0.717, 1.165) is 35.0 Å². The fraction of sp³-hybridized carbons (Fsp3) is 0.586. The van der Waals surface area contributed by atoms with E-state index in [1.807, 2.05) is 23.4 Å². The van der Waals surface area contributed by atoms with Crippen LogP contribution in [-0.4, -0.2) is 84.4 Å². The Morgan fingerprint density at radius 2 is 1.90 bits per heavy atom. The molecule has 0 spiro atoms. The number of anilines is 4. The van der Waals surface area contributed by atoms with E-state index in [2.05, 4.69) is 41.0 Å². The van der Waals surface area contributed by atoms with Gasteiger partial charge in [-0.1, -0.05) is 13.8 Å². The summed E-state index contributed by atoms with van der Waals surface area (Å²) in [7, 11) is -3.04. The van der Waals surface area contributed by atoms with Gasteiger partial charge in [0, 0.05) is 54.5 Å². The fourth-order valence-electron chi connectivity index (χ4n) is 5.86. The van der Waals surface area contributed by atoms with Crippen LogP contribution in [0.5, 0.6) is 0 Å². The number of nitrogens with zero attached hydrogens (tertiary/aromatic N) is 6. The molecule has 0 radical (unpaired) electrons. The number of rotatable bonds is 9. The molecule has 2 aliphatic heterocycles. The van der Waals surface area contributed by atoms with Crippen LogP contribution in [0.3, 0.4) is 0 Å². The molecule has 3 aliphatic rings. The average molecular weight is 584 g/mol. The van der Waals surface area contributed by atoms with E-state index < -0.39 is 16.0 Å². The molecule has 3 aromatic heterocycles. The monoisotopic (exact) mass is 583 g/mol. The summed E-state index contributed by atoms with van der Waals surface area (Å²) >= 11 is 0. The van der Waals surface area contributed by atoms with Crippen molar-refractivity contribution in [2.45, 2.75) is 70.4 Å². The number of nitrogens with one attached hydrogen (secondary N) is 1. The van der Waals surface area contributed by atoms with Gasteiger partial charge >= 0.3 is 0 Å². The van der Waals surface area contributed by atoms with E-state index in [4.69, 9.17) is 14.7 Å². The second-order valence-corrected chi connectivity index (χ2v) is 14.2. The molecule has 10 nitrogen and oxygen atoms in total. The summed E-state index contributed by atoms with van der Waals surface area (Å²) in [4.78, 5) is 22.6. The van der Waals surface area contributed by atoms with Gasteiger partial charge in [-0.15, -0.1) is 0 Å². The maximum absolute atomic E-state index is 14.8. The number of hydrogen-bond donors (Lipinski definition) is 1. The van der Waals surface area contributed by atoms with Crippen LogP contribution >= 0.6 is 0 Å². The molecule has 3 aromatic rings. The molecule has 1 N–H and O–H groups in total. The van der Waals surface area contributed by atoms with Gasteiger partial charge in [0.15, 0.2) is 0 Å². The van der Waals surface area contributed by atoms with Crippen LogP contribution in [0.4, 0.5) is 27.7 Å². The van der Waals surface area contributed by atoms with Crippen molar-refractivity contribution in [3.8, 4) is 0 Å². The lowest BCUT2D eigenvalue weighted by Crippen LogP contribution is -2.57. The molecule has 0 bridgehead atoms. The third-order valence-corrected chi connectivity index (χ3v) is 9.35. The van der Waals surface area contributed by atoms with Crippen molar-refractivity contribution in [2.75, 3.05) is 46.8 Å². The van der Waals surface area contributed by atoms with Gasteiger partial charge in [-0.05, 0) is 44.2 Å². The Labute approximate surface area is 240 Å². The summed E-state index contributed by atoms with van der Waals surface area (Å²) in [6, 6.07) is 3.85. The Morgan fingerprint density at radius 1 is 1.10 bits per heavy atom. The predicted molar refractivity (Wildman–Crippen MR) is 159 cm³/mol. The number of ether oxygens (including phenoxy) is 1. The molecule has 41 heavy (non-hydrogen) atoms. The van der Waals surface area contributed by atoms with Gasteiger partial charge < -0.3 is 19.9 Å². The molecule has 0 unspecified atom stereocenters. The number of halogens is 1.